The van der Waals surface area contributed by atoms with Crippen LogP contribution in [0.2, 0.25) is 0 Å². The molecule has 0 saturated carbocycles. The highest BCUT2D eigenvalue weighted by Crippen LogP contribution is 2.22. The largest absolute Gasteiger partial charge is 0.387 e. The van der Waals surface area contributed by atoms with E-state index in [0.717, 1.165) is 16.7 Å². The zero-order valence-electron chi connectivity index (χ0n) is 10.9. The molecule has 1 saturated heterocycles. The van der Waals surface area contributed by atoms with E-state index in [2.05, 4.69) is 19.9 Å². The Morgan fingerprint density at radius 2 is 2.05 bits per heavy atom. The van der Waals surface area contributed by atoms with E-state index in [9.17, 15) is 4.79 Å². The molecule has 20 heavy (non-hydrogen) atoms. The number of rotatable bonds is 2. The smallest absolute Gasteiger partial charge is 0.248 e. The first-order valence-corrected chi connectivity index (χ1v) is 6.48. The van der Waals surface area contributed by atoms with Gasteiger partial charge in [0, 0.05) is 38.6 Å². The number of aliphatic hydroxyl groups is 1. The van der Waals surface area contributed by atoms with Gasteiger partial charge >= 0.3 is 0 Å². The second-order valence-electron chi connectivity index (χ2n) is 4.62. The molecule has 7 heteroatoms. The molecule has 3 rings (SSSR count). The molecule has 0 aliphatic carbocycles. The summed E-state index contributed by atoms with van der Waals surface area (Å²) in [5.74, 6) is 0.623. The van der Waals surface area contributed by atoms with Crippen LogP contribution < -0.4 is 4.90 Å². The van der Waals surface area contributed by atoms with Crippen LogP contribution in [-0.4, -0.2) is 63.7 Å². The van der Waals surface area contributed by atoms with Crippen molar-refractivity contribution in [2.24, 2.45) is 0 Å². The fourth-order valence-corrected chi connectivity index (χ4v) is 2.41. The van der Waals surface area contributed by atoms with Crippen molar-refractivity contribution in [3.05, 3.63) is 24.8 Å². The van der Waals surface area contributed by atoms with E-state index in [-0.39, 0.29) is 5.91 Å². The molecule has 0 unspecified atom stereocenters. The van der Waals surface area contributed by atoms with Crippen molar-refractivity contribution in [2.75, 3.05) is 37.7 Å². The first-order valence-electron chi connectivity index (χ1n) is 6.48. The highest BCUT2D eigenvalue weighted by atomic mass is 16.3. The zero-order valence-corrected chi connectivity index (χ0v) is 10.9. The van der Waals surface area contributed by atoms with Crippen molar-refractivity contribution in [1.82, 2.24) is 19.9 Å². The summed E-state index contributed by atoms with van der Waals surface area (Å²) < 4.78 is 0. The van der Waals surface area contributed by atoms with Crippen molar-refractivity contribution in [1.29, 1.82) is 0 Å². The number of fused-ring (bicyclic) bond motifs is 1. The maximum absolute atomic E-state index is 11.4. The van der Waals surface area contributed by atoms with Crippen LogP contribution in [0.25, 0.3) is 10.9 Å². The van der Waals surface area contributed by atoms with Gasteiger partial charge in [0.05, 0.1) is 10.9 Å². The first kappa shape index (κ1) is 12.7. The van der Waals surface area contributed by atoms with Crippen molar-refractivity contribution in [2.45, 2.75) is 0 Å². The van der Waals surface area contributed by atoms with Gasteiger partial charge in [0.15, 0.2) is 0 Å². The van der Waals surface area contributed by atoms with E-state index in [1.165, 1.54) is 6.33 Å². The fourth-order valence-electron chi connectivity index (χ4n) is 2.41. The molecular formula is C13H15N5O2. The maximum Gasteiger partial charge on any atom is 0.248 e. The Kier molecular flexibility index (Phi) is 3.42. The highest BCUT2D eigenvalue weighted by Gasteiger charge is 2.22. The van der Waals surface area contributed by atoms with Gasteiger partial charge < -0.3 is 14.9 Å². The van der Waals surface area contributed by atoms with Gasteiger partial charge in [0.25, 0.3) is 0 Å². The summed E-state index contributed by atoms with van der Waals surface area (Å²) in [6.45, 7) is 2.12. The molecule has 2 aromatic rings. The fraction of sp³-hybridized carbons (Fsp3) is 0.385. The van der Waals surface area contributed by atoms with Crippen molar-refractivity contribution in [3.63, 3.8) is 0 Å². The summed E-state index contributed by atoms with van der Waals surface area (Å²) in [5, 5.41) is 9.79. The molecular weight excluding hydrogens is 258 g/mol. The lowest BCUT2D eigenvalue weighted by Crippen LogP contribution is -2.49. The summed E-state index contributed by atoms with van der Waals surface area (Å²) in [6, 6.07) is 1.85. The number of hydrogen-bond acceptors (Lipinski definition) is 6. The topological polar surface area (TPSA) is 82.5 Å². The molecule has 2 aromatic heterocycles. The molecule has 0 atom stereocenters. The summed E-state index contributed by atoms with van der Waals surface area (Å²) in [7, 11) is 0. The van der Waals surface area contributed by atoms with E-state index in [4.69, 9.17) is 5.11 Å². The van der Waals surface area contributed by atoms with Crippen LogP contribution in [0.3, 0.4) is 0 Å². The Labute approximate surface area is 115 Å². The number of aromatic nitrogens is 3. The summed E-state index contributed by atoms with van der Waals surface area (Å²) in [6.07, 6.45) is 5.01. The molecule has 1 N–H and O–H groups in total. The maximum atomic E-state index is 11.4. The molecule has 0 bridgehead atoms. The number of carbonyl (C=O) groups excluding carboxylic acids is 1. The monoisotopic (exact) mass is 273 g/mol. The summed E-state index contributed by atoms with van der Waals surface area (Å²) >= 11 is 0. The number of aliphatic hydroxyl groups excluding tert-OH is 1. The van der Waals surface area contributed by atoms with Crippen molar-refractivity contribution < 1.29 is 9.90 Å². The Hall–Kier alpha value is -2.28. The predicted octanol–water partition coefficient (Wildman–Crippen LogP) is -0.334. The molecule has 7 nitrogen and oxygen atoms in total. The standard InChI is InChI=1S/C13H15N5O2/c19-8-12(20)17-3-5-18(6-4-17)13-10-7-14-9-16-11(10)1-2-15-13/h1-2,7,9,19H,3-6,8H2. The Balaban J connectivity index is 1.82. The van der Waals surface area contributed by atoms with E-state index in [1.807, 2.05) is 6.07 Å². The third kappa shape index (κ3) is 2.27. The number of pyridine rings is 1. The number of carbonyl (C=O) groups is 1. The van der Waals surface area contributed by atoms with Crippen LogP contribution in [-0.2, 0) is 4.79 Å². The molecule has 1 aliphatic heterocycles. The zero-order chi connectivity index (χ0) is 13.9. The SMILES string of the molecule is O=C(CO)N1CCN(c2nccc3ncncc23)CC1. The third-order valence-electron chi connectivity index (χ3n) is 3.48. The minimum Gasteiger partial charge on any atom is -0.387 e. The van der Waals surface area contributed by atoms with Crippen LogP contribution >= 0.6 is 0 Å². The normalized spacial score (nSPS) is 15.7. The van der Waals surface area contributed by atoms with Crippen LogP contribution in [0.5, 0.6) is 0 Å². The van der Waals surface area contributed by atoms with E-state index >= 15 is 0 Å². The van der Waals surface area contributed by atoms with Gasteiger partial charge in [0.2, 0.25) is 5.91 Å². The molecule has 104 valence electrons. The van der Waals surface area contributed by atoms with Gasteiger partial charge in [0.1, 0.15) is 18.8 Å². The molecule has 0 aromatic carbocycles. The predicted molar refractivity (Wildman–Crippen MR) is 73.2 cm³/mol. The lowest BCUT2D eigenvalue weighted by Gasteiger charge is -2.35. The second-order valence-corrected chi connectivity index (χ2v) is 4.62. The quantitative estimate of drug-likeness (QED) is 0.806. The number of hydrogen-bond donors (Lipinski definition) is 1. The molecule has 1 aliphatic rings. The van der Waals surface area contributed by atoms with Gasteiger partial charge in [-0.05, 0) is 6.07 Å². The van der Waals surface area contributed by atoms with Crippen LogP contribution in [0.15, 0.2) is 24.8 Å². The van der Waals surface area contributed by atoms with Gasteiger partial charge in [-0.3, -0.25) is 4.79 Å². The molecule has 1 fully saturated rings. The average molecular weight is 273 g/mol. The van der Waals surface area contributed by atoms with Crippen molar-refractivity contribution >= 4 is 22.6 Å². The van der Waals surface area contributed by atoms with Crippen LogP contribution in [0, 0.1) is 0 Å². The summed E-state index contributed by atoms with van der Waals surface area (Å²) in [5.41, 5.74) is 0.860. The average Bonchev–Trinajstić information content (AvgIpc) is 2.54. The van der Waals surface area contributed by atoms with Crippen LogP contribution in [0.4, 0.5) is 5.82 Å². The van der Waals surface area contributed by atoms with E-state index in [0.29, 0.717) is 26.2 Å². The lowest BCUT2D eigenvalue weighted by atomic mass is 10.2. The number of anilines is 1. The molecule has 0 radical (unpaired) electrons. The van der Waals surface area contributed by atoms with Gasteiger partial charge in [-0.25, -0.2) is 15.0 Å². The van der Waals surface area contributed by atoms with E-state index in [1.54, 1.807) is 17.3 Å². The first-order chi connectivity index (χ1) is 9.79. The highest BCUT2D eigenvalue weighted by molar-refractivity contribution is 5.88. The van der Waals surface area contributed by atoms with Gasteiger partial charge in [-0.2, -0.15) is 0 Å². The second kappa shape index (κ2) is 5.38. The number of amides is 1. The Morgan fingerprint density at radius 1 is 1.25 bits per heavy atom. The van der Waals surface area contributed by atoms with Crippen LogP contribution in [0.1, 0.15) is 0 Å². The van der Waals surface area contributed by atoms with Gasteiger partial charge in [-0.15, -0.1) is 0 Å². The lowest BCUT2D eigenvalue weighted by molar-refractivity contribution is -0.134. The van der Waals surface area contributed by atoms with Gasteiger partial charge in [-0.1, -0.05) is 0 Å². The Morgan fingerprint density at radius 3 is 2.80 bits per heavy atom. The minimum atomic E-state index is -0.430. The van der Waals surface area contributed by atoms with E-state index < -0.39 is 6.61 Å². The summed E-state index contributed by atoms with van der Waals surface area (Å²) in [4.78, 5) is 27.9. The molecule has 3 heterocycles. The molecule has 1 amide bonds. The van der Waals surface area contributed by atoms with Crippen molar-refractivity contribution in [3.8, 4) is 0 Å². The third-order valence-corrected chi connectivity index (χ3v) is 3.48. The molecule has 0 spiro atoms. The number of piperazine rings is 1. The number of nitrogens with zero attached hydrogens (tertiary/aromatic N) is 5. The Bertz CT molecular complexity index is 620. The minimum absolute atomic E-state index is 0.223.